The maximum Gasteiger partial charge on any atom is 0.280 e. The SMILES string of the molecule is Nc1nc(N)c(C(=O)NC2=NCC(CCCc3ccccc3)N2)nc1Cl. The molecule has 26 heavy (non-hydrogen) atoms. The number of aromatic nitrogens is 2. The molecule has 1 atom stereocenters. The number of hydrogen-bond acceptors (Lipinski definition) is 7. The average Bonchev–Trinajstić information content (AvgIpc) is 3.06. The summed E-state index contributed by atoms with van der Waals surface area (Å²) in [5.41, 5.74) is 12.4. The van der Waals surface area contributed by atoms with Gasteiger partial charge in [-0.2, -0.15) is 0 Å². The van der Waals surface area contributed by atoms with E-state index in [0.717, 1.165) is 19.3 Å². The van der Waals surface area contributed by atoms with Crippen molar-refractivity contribution in [3.05, 3.63) is 46.7 Å². The van der Waals surface area contributed by atoms with Crippen molar-refractivity contribution >= 4 is 35.1 Å². The number of amides is 1. The van der Waals surface area contributed by atoms with E-state index in [1.807, 2.05) is 18.2 Å². The Morgan fingerprint density at radius 2 is 2.00 bits per heavy atom. The van der Waals surface area contributed by atoms with Gasteiger partial charge in [-0.25, -0.2) is 9.97 Å². The number of carbonyl (C=O) groups is 1. The van der Waals surface area contributed by atoms with E-state index in [9.17, 15) is 4.79 Å². The van der Waals surface area contributed by atoms with Gasteiger partial charge in [-0.05, 0) is 24.8 Å². The molecule has 0 spiro atoms. The minimum Gasteiger partial charge on any atom is -0.382 e. The van der Waals surface area contributed by atoms with Gasteiger partial charge in [0.15, 0.2) is 28.4 Å². The zero-order valence-electron chi connectivity index (χ0n) is 14.1. The second-order valence-electron chi connectivity index (χ2n) is 6.00. The first-order valence-electron chi connectivity index (χ1n) is 8.27. The van der Waals surface area contributed by atoms with Gasteiger partial charge in [0, 0.05) is 6.04 Å². The molecule has 1 aliphatic heterocycles. The van der Waals surface area contributed by atoms with Gasteiger partial charge in [0.1, 0.15) is 0 Å². The van der Waals surface area contributed by atoms with E-state index in [2.05, 4.69) is 37.7 Å². The highest BCUT2D eigenvalue weighted by molar-refractivity contribution is 6.31. The molecule has 2 heterocycles. The van der Waals surface area contributed by atoms with Crippen molar-refractivity contribution in [1.29, 1.82) is 0 Å². The van der Waals surface area contributed by atoms with E-state index in [-0.39, 0.29) is 28.5 Å². The van der Waals surface area contributed by atoms with Crippen LogP contribution >= 0.6 is 11.6 Å². The summed E-state index contributed by atoms with van der Waals surface area (Å²) >= 11 is 5.80. The third-order valence-electron chi connectivity index (χ3n) is 4.02. The molecule has 6 N–H and O–H groups in total. The Bertz CT molecular complexity index is 825. The van der Waals surface area contributed by atoms with Gasteiger partial charge in [0.2, 0.25) is 0 Å². The Kier molecular flexibility index (Phi) is 5.52. The summed E-state index contributed by atoms with van der Waals surface area (Å²) in [7, 11) is 0. The maximum absolute atomic E-state index is 12.3. The van der Waals surface area contributed by atoms with E-state index < -0.39 is 5.91 Å². The first-order chi connectivity index (χ1) is 12.5. The van der Waals surface area contributed by atoms with Crippen LogP contribution in [-0.2, 0) is 6.42 Å². The molecule has 3 rings (SSSR count). The number of anilines is 2. The lowest BCUT2D eigenvalue weighted by molar-refractivity contribution is 0.0972. The van der Waals surface area contributed by atoms with Crippen LogP contribution in [0.4, 0.5) is 11.6 Å². The predicted octanol–water partition coefficient (Wildman–Crippen LogP) is 1.37. The number of nitrogens with one attached hydrogen (secondary N) is 2. The van der Waals surface area contributed by atoms with E-state index in [1.165, 1.54) is 5.56 Å². The number of halogens is 1. The van der Waals surface area contributed by atoms with Crippen molar-refractivity contribution < 1.29 is 4.79 Å². The third kappa shape index (κ3) is 4.40. The van der Waals surface area contributed by atoms with Gasteiger partial charge in [-0.1, -0.05) is 41.9 Å². The zero-order chi connectivity index (χ0) is 18.5. The van der Waals surface area contributed by atoms with Crippen molar-refractivity contribution in [1.82, 2.24) is 20.6 Å². The van der Waals surface area contributed by atoms with Crippen LogP contribution in [0.25, 0.3) is 0 Å². The Labute approximate surface area is 156 Å². The Morgan fingerprint density at radius 3 is 2.77 bits per heavy atom. The lowest BCUT2D eigenvalue weighted by atomic mass is 10.1. The number of nitrogen functional groups attached to an aromatic ring is 2. The smallest absolute Gasteiger partial charge is 0.280 e. The van der Waals surface area contributed by atoms with E-state index >= 15 is 0 Å². The van der Waals surface area contributed by atoms with Crippen LogP contribution in [0.2, 0.25) is 5.15 Å². The highest BCUT2D eigenvalue weighted by Crippen LogP contribution is 2.17. The molecule has 1 amide bonds. The molecule has 0 radical (unpaired) electrons. The monoisotopic (exact) mass is 373 g/mol. The fourth-order valence-electron chi connectivity index (χ4n) is 2.70. The van der Waals surface area contributed by atoms with E-state index in [0.29, 0.717) is 12.5 Å². The van der Waals surface area contributed by atoms with Gasteiger partial charge >= 0.3 is 0 Å². The van der Waals surface area contributed by atoms with Crippen LogP contribution < -0.4 is 22.1 Å². The van der Waals surface area contributed by atoms with Crippen molar-refractivity contribution in [3.63, 3.8) is 0 Å². The van der Waals surface area contributed by atoms with Gasteiger partial charge in [-0.15, -0.1) is 0 Å². The summed E-state index contributed by atoms with van der Waals surface area (Å²) in [6, 6.07) is 10.5. The molecule has 0 saturated carbocycles. The molecule has 8 nitrogen and oxygen atoms in total. The standard InChI is InChI=1S/C17H20ClN7O/c18-13-15(20)24-14(19)12(23-13)16(26)25-17-21-9-11(22-17)8-4-7-10-5-2-1-3-6-10/h1-3,5-6,11H,4,7-9H2,(H4,19,20,24)(H2,21,22,25,26). The number of guanidine groups is 1. The molecule has 136 valence electrons. The first kappa shape index (κ1) is 17.9. The van der Waals surface area contributed by atoms with Crippen LogP contribution in [0.1, 0.15) is 28.9 Å². The Morgan fingerprint density at radius 1 is 1.23 bits per heavy atom. The number of hydrogen-bond donors (Lipinski definition) is 4. The van der Waals surface area contributed by atoms with Gasteiger partial charge in [0.05, 0.1) is 6.54 Å². The topological polar surface area (TPSA) is 131 Å². The number of aliphatic imine (C=N–C) groups is 1. The molecule has 0 saturated heterocycles. The fraction of sp³-hybridized carbons (Fsp3) is 0.294. The van der Waals surface area contributed by atoms with E-state index in [4.69, 9.17) is 23.1 Å². The van der Waals surface area contributed by atoms with Crippen LogP contribution in [0.5, 0.6) is 0 Å². The molecule has 0 fully saturated rings. The summed E-state index contributed by atoms with van der Waals surface area (Å²) in [4.78, 5) is 24.2. The minimum atomic E-state index is -0.534. The molecule has 1 unspecified atom stereocenters. The number of aryl methyl sites for hydroxylation is 1. The molecule has 1 aromatic heterocycles. The molecule has 0 aliphatic carbocycles. The van der Waals surface area contributed by atoms with Crippen LogP contribution in [0.15, 0.2) is 35.3 Å². The summed E-state index contributed by atoms with van der Waals surface area (Å²) in [6.07, 6.45) is 2.99. The average molecular weight is 374 g/mol. The predicted molar refractivity (Wildman–Crippen MR) is 102 cm³/mol. The molecule has 2 aromatic rings. The molecule has 1 aromatic carbocycles. The lowest BCUT2D eigenvalue weighted by Crippen LogP contribution is -2.42. The van der Waals surface area contributed by atoms with Crippen molar-refractivity contribution in [2.45, 2.75) is 25.3 Å². The summed E-state index contributed by atoms with van der Waals surface area (Å²) in [5, 5.41) is 5.77. The third-order valence-corrected chi connectivity index (χ3v) is 4.30. The molecule has 0 bridgehead atoms. The minimum absolute atomic E-state index is 0.0180. The second-order valence-corrected chi connectivity index (χ2v) is 6.35. The van der Waals surface area contributed by atoms with Crippen molar-refractivity contribution in [2.24, 2.45) is 4.99 Å². The van der Waals surface area contributed by atoms with Gasteiger partial charge in [0.25, 0.3) is 5.91 Å². The summed E-state index contributed by atoms with van der Waals surface area (Å²) in [5.74, 6) is -0.236. The van der Waals surface area contributed by atoms with Crippen LogP contribution in [0.3, 0.4) is 0 Å². The highest BCUT2D eigenvalue weighted by Gasteiger charge is 2.22. The molecular weight excluding hydrogens is 354 g/mol. The molecular formula is C17H20ClN7O. The van der Waals surface area contributed by atoms with Crippen LogP contribution in [-0.4, -0.2) is 34.4 Å². The second kappa shape index (κ2) is 8.01. The van der Waals surface area contributed by atoms with Crippen LogP contribution in [0, 0.1) is 0 Å². The number of benzene rings is 1. The zero-order valence-corrected chi connectivity index (χ0v) is 14.8. The normalized spacial score (nSPS) is 16.0. The highest BCUT2D eigenvalue weighted by atomic mass is 35.5. The van der Waals surface area contributed by atoms with Gasteiger partial charge in [-0.3, -0.25) is 15.1 Å². The number of nitrogens with zero attached hydrogens (tertiary/aromatic N) is 3. The quantitative estimate of drug-likeness (QED) is 0.626. The molecule has 1 aliphatic rings. The van der Waals surface area contributed by atoms with Crippen molar-refractivity contribution in [2.75, 3.05) is 18.0 Å². The van der Waals surface area contributed by atoms with E-state index in [1.54, 1.807) is 0 Å². The Hall–Kier alpha value is -2.87. The number of rotatable bonds is 5. The Balaban J connectivity index is 1.48. The lowest BCUT2D eigenvalue weighted by Gasteiger charge is -2.12. The fourth-order valence-corrected chi connectivity index (χ4v) is 2.82. The summed E-state index contributed by atoms with van der Waals surface area (Å²) < 4.78 is 0. The maximum atomic E-state index is 12.3. The van der Waals surface area contributed by atoms with Gasteiger partial charge < -0.3 is 16.8 Å². The van der Waals surface area contributed by atoms with Crippen molar-refractivity contribution in [3.8, 4) is 0 Å². The number of nitrogens with two attached hydrogens (primary N) is 2. The largest absolute Gasteiger partial charge is 0.382 e. The first-order valence-corrected chi connectivity index (χ1v) is 8.65. The number of carbonyl (C=O) groups excluding carboxylic acids is 1. The summed E-state index contributed by atoms with van der Waals surface area (Å²) in [6.45, 7) is 0.605. The molecule has 9 heteroatoms.